The fraction of sp³-hybridized carbons (Fsp3) is 0.200. The summed E-state index contributed by atoms with van der Waals surface area (Å²) in [6.07, 6.45) is 10.2. The van der Waals surface area contributed by atoms with Crippen LogP contribution in [0.15, 0.2) is 97.6 Å². The molecule has 2 aliphatic rings. The van der Waals surface area contributed by atoms with Gasteiger partial charge in [0.15, 0.2) is 0 Å². The molecule has 0 fully saturated rings. The van der Waals surface area contributed by atoms with E-state index in [-0.39, 0.29) is 17.6 Å². The molecule has 2 aromatic carbocycles. The molecule has 2 aliphatic heterocycles. The summed E-state index contributed by atoms with van der Waals surface area (Å²) in [6.45, 7) is 3.74. The summed E-state index contributed by atoms with van der Waals surface area (Å²) in [5.74, 6) is -1.83. The van der Waals surface area contributed by atoms with Gasteiger partial charge in [-0.25, -0.2) is 18.4 Å². The van der Waals surface area contributed by atoms with Crippen LogP contribution >= 0.6 is 0 Å². The quantitative estimate of drug-likeness (QED) is 0.171. The van der Waals surface area contributed by atoms with Crippen LogP contribution in [0.1, 0.15) is 51.9 Å². The zero-order valence-corrected chi connectivity index (χ0v) is 27.4. The van der Waals surface area contributed by atoms with E-state index in [4.69, 9.17) is 4.74 Å². The van der Waals surface area contributed by atoms with E-state index >= 15 is 0 Å². The van der Waals surface area contributed by atoms with Crippen LogP contribution < -0.4 is 0 Å². The molecule has 50 heavy (non-hydrogen) atoms. The Morgan fingerprint density at radius 1 is 0.660 bits per heavy atom. The van der Waals surface area contributed by atoms with Crippen LogP contribution in [0.2, 0.25) is 0 Å². The number of hydrogen-bond acceptors (Lipinski definition) is 5. The number of aromatic nitrogens is 4. The minimum Gasteiger partial charge on any atom is -0.478 e. The normalized spacial score (nSPS) is 12.9. The molecule has 6 aromatic rings. The van der Waals surface area contributed by atoms with Gasteiger partial charge in [0.25, 0.3) is 0 Å². The molecular weight excluding hydrogens is 638 g/mol. The highest BCUT2D eigenvalue weighted by atomic mass is 19.1. The molecule has 0 amide bonds. The number of esters is 1. The van der Waals surface area contributed by atoms with E-state index in [1.807, 2.05) is 24.3 Å². The van der Waals surface area contributed by atoms with Gasteiger partial charge in [-0.15, -0.1) is 0 Å². The Bertz CT molecular complexity index is 2180. The van der Waals surface area contributed by atoms with Gasteiger partial charge in [0.05, 0.1) is 29.1 Å². The molecule has 0 spiro atoms. The molecule has 6 heterocycles. The van der Waals surface area contributed by atoms with Crippen LogP contribution in [0, 0.1) is 11.6 Å². The fourth-order valence-electron chi connectivity index (χ4n) is 7.23. The predicted molar refractivity (Wildman–Crippen MR) is 186 cm³/mol. The second-order valence-electron chi connectivity index (χ2n) is 12.1. The number of nitrogens with zero attached hydrogens (tertiary/aromatic N) is 4. The van der Waals surface area contributed by atoms with Crippen LogP contribution in [0.4, 0.5) is 8.78 Å². The lowest BCUT2D eigenvalue weighted by molar-refractivity contribution is 0.0525. The lowest BCUT2D eigenvalue weighted by Gasteiger charge is -2.11. The highest BCUT2D eigenvalue weighted by Crippen LogP contribution is 2.43. The van der Waals surface area contributed by atoms with Crippen LogP contribution in [-0.4, -0.2) is 42.8 Å². The summed E-state index contributed by atoms with van der Waals surface area (Å²) < 4.78 is 36.4. The number of aromatic carboxylic acids is 1. The Labute approximate surface area is 287 Å². The summed E-state index contributed by atoms with van der Waals surface area (Å²) in [7, 11) is 0. The summed E-state index contributed by atoms with van der Waals surface area (Å²) in [5.41, 5.74) is 9.52. The van der Waals surface area contributed by atoms with Crippen molar-refractivity contribution in [1.29, 1.82) is 0 Å². The van der Waals surface area contributed by atoms with Crippen LogP contribution in [0.5, 0.6) is 0 Å². The first kappa shape index (κ1) is 32.6. The minimum atomic E-state index is -0.930. The minimum absolute atomic E-state index is 0.280. The third-order valence-electron chi connectivity index (χ3n) is 9.20. The van der Waals surface area contributed by atoms with Crippen LogP contribution in [0.3, 0.4) is 0 Å². The number of halogens is 2. The maximum atomic E-state index is 13.4. The van der Waals surface area contributed by atoms with Crippen LogP contribution in [-0.2, 0) is 30.7 Å². The van der Waals surface area contributed by atoms with E-state index in [0.29, 0.717) is 23.3 Å². The number of pyridine rings is 2. The second kappa shape index (κ2) is 13.9. The number of carboxylic acid groups (broad SMARTS) is 1. The van der Waals surface area contributed by atoms with Crippen molar-refractivity contribution >= 4 is 11.9 Å². The highest BCUT2D eigenvalue weighted by Gasteiger charge is 2.32. The molecule has 0 unspecified atom stereocenters. The first-order chi connectivity index (χ1) is 24.4. The number of carbonyl (C=O) groups is 2. The number of hydrogen-bond donors (Lipinski definition) is 1. The second-order valence-corrected chi connectivity index (χ2v) is 12.1. The zero-order chi connectivity index (χ0) is 34.8. The number of benzene rings is 2. The van der Waals surface area contributed by atoms with Gasteiger partial charge in [-0.3, -0.25) is 9.97 Å². The Kier molecular flexibility index (Phi) is 9.08. The van der Waals surface area contributed by atoms with Gasteiger partial charge in [-0.1, -0.05) is 0 Å². The van der Waals surface area contributed by atoms with Crippen molar-refractivity contribution in [2.75, 3.05) is 6.61 Å². The Hall–Kier alpha value is -5.90. The first-order valence-electron chi connectivity index (χ1n) is 16.6. The fourth-order valence-corrected chi connectivity index (χ4v) is 7.23. The van der Waals surface area contributed by atoms with Crippen molar-refractivity contribution in [3.8, 4) is 44.8 Å². The number of carbonyl (C=O) groups excluding carboxylic acids is 1. The smallest absolute Gasteiger partial charge is 0.340 e. The number of ether oxygens (including phenoxy) is 1. The SMILES string of the molecule is CCOC(=O)c1c(-c2ccncc2)c(-c2ccc(F)cc2)n2c1CCC2.O=C(O)c1c(-c2ccncc2)c(-c2ccc(F)cc2)n2c1CCC2. The Morgan fingerprint density at radius 2 is 1.08 bits per heavy atom. The molecule has 1 N–H and O–H groups in total. The van der Waals surface area contributed by atoms with Gasteiger partial charge in [0, 0.05) is 60.4 Å². The van der Waals surface area contributed by atoms with Gasteiger partial charge >= 0.3 is 11.9 Å². The molecule has 0 atom stereocenters. The molecule has 8 rings (SSSR count). The van der Waals surface area contributed by atoms with Crippen molar-refractivity contribution in [2.24, 2.45) is 0 Å². The highest BCUT2D eigenvalue weighted by molar-refractivity contribution is 6.04. The van der Waals surface area contributed by atoms with Crippen molar-refractivity contribution < 1.29 is 28.2 Å². The van der Waals surface area contributed by atoms with Crippen molar-refractivity contribution in [1.82, 2.24) is 19.1 Å². The summed E-state index contributed by atoms with van der Waals surface area (Å²) >= 11 is 0. The van der Waals surface area contributed by atoms with Gasteiger partial charge in [-0.05, 0) is 128 Å². The van der Waals surface area contributed by atoms with E-state index in [0.717, 1.165) is 89.4 Å². The largest absolute Gasteiger partial charge is 0.478 e. The van der Waals surface area contributed by atoms with Crippen molar-refractivity contribution in [2.45, 2.75) is 45.7 Å². The molecule has 0 radical (unpaired) electrons. The average Bonchev–Trinajstić information content (AvgIpc) is 3.91. The number of carboxylic acids is 1. The predicted octanol–water partition coefficient (Wildman–Crippen LogP) is 8.48. The van der Waals surface area contributed by atoms with Gasteiger partial charge < -0.3 is 19.0 Å². The molecule has 8 nitrogen and oxygen atoms in total. The van der Waals surface area contributed by atoms with Gasteiger partial charge in [0.2, 0.25) is 0 Å². The van der Waals surface area contributed by atoms with Crippen molar-refractivity contribution in [3.63, 3.8) is 0 Å². The zero-order valence-electron chi connectivity index (χ0n) is 27.4. The maximum Gasteiger partial charge on any atom is 0.340 e. The van der Waals surface area contributed by atoms with Gasteiger partial charge in [0.1, 0.15) is 11.6 Å². The van der Waals surface area contributed by atoms with Crippen molar-refractivity contribution in [3.05, 3.63) is 132 Å². The topological polar surface area (TPSA) is 99.2 Å². The number of fused-ring (bicyclic) bond motifs is 2. The van der Waals surface area contributed by atoms with E-state index in [2.05, 4.69) is 19.1 Å². The Morgan fingerprint density at radius 3 is 1.50 bits per heavy atom. The molecule has 0 bridgehead atoms. The van der Waals surface area contributed by atoms with E-state index < -0.39 is 5.97 Å². The molecule has 0 saturated heterocycles. The number of rotatable bonds is 7. The molecular formula is C40H34F2N4O4. The standard InChI is InChI=1S/C21H19FN2O2.C19H15FN2O2/c1-2-26-21(25)19-17-4-3-13-24(17)20(15-5-7-16(22)8-6-15)18(19)14-9-11-23-12-10-14;20-14-5-3-13(4-6-14)18-16(12-7-9-21-10-8-12)17(19(23)24)15-2-1-11-22(15)18/h5-12H,2-4,13H2,1H3;3-10H,1-2,11H2,(H,23,24). The monoisotopic (exact) mass is 672 g/mol. The van der Waals surface area contributed by atoms with Crippen LogP contribution in [0.25, 0.3) is 44.8 Å². The molecule has 10 heteroatoms. The summed E-state index contributed by atoms with van der Waals surface area (Å²) in [4.78, 5) is 32.9. The third-order valence-corrected chi connectivity index (χ3v) is 9.20. The lowest BCUT2D eigenvalue weighted by Crippen LogP contribution is -2.08. The molecule has 252 valence electrons. The van der Waals surface area contributed by atoms with E-state index in [1.165, 1.54) is 24.3 Å². The lowest BCUT2D eigenvalue weighted by atomic mass is 9.96. The van der Waals surface area contributed by atoms with E-state index in [9.17, 15) is 23.5 Å². The Balaban J connectivity index is 0.000000157. The molecule has 4 aromatic heterocycles. The maximum absolute atomic E-state index is 13.4. The summed E-state index contributed by atoms with van der Waals surface area (Å²) in [5, 5.41) is 9.81. The van der Waals surface area contributed by atoms with Gasteiger partial charge in [-0.2, -0.15) is 0 Å². The first-order valence-corrected chi connectivity index (χ1v) is 16.6. The third kappa shape index (κ3) is 5.97. The van der Waals surface area contributed by atoms with E-state index in [1.54, 1.807) is 56.0 Å². The average molecular weight is 673 g/mol. The summed E-state index contributed by atoms with van der Waals surface area (Å²) in [6, 6.07) is 20.0. The molecule has 0 saturated carbocycles. The molecule has 0 aliphatic carbocycles.